The van der Waals surface area contributed by atoms with Crippen LogP contribution in [0.3, 0.4) is 0 Å². The molecule has 0 spiro atoms. The molecule has 0 aromatic carbocycles. The lowest BCUT2D eigenvalue weighted by Crippen LogP contribution is -2.23. The van der Waals surface area contributed by atoms with E-state index in [-0.39, 0.29) is 20.1 Å². The van der Waals surface area contributed by atoms with Gasteiger partial charge in [0.1, 0.15) is 6.79 Å². The highest BCUT2D eigenvalue weighted by atomic mass is 16.7. The summed E-state index contributed by atoms with van der Waals surface area (Å²) >= 11 is 0. The summed E-state index contributed by atoms with van der Waals surface area (Å²) in [5.74, 6) is -0.0896. The van der Waals surface area contributed by atoms with Crippen molar-refractivity contribution >= 4 is 11.9 Å². The zero-order valence-electron chi connectivity index (χ0n) is 15.8. The Balaban J connectivity index is 0. The summed E-state index contributed by atoms with van der Waals surface area (Å²) in [4.78, 5) is 22.6. The first kappa shape index (κ1) is 23.3. The lowest BCUT2D eigenvalue weighted by molar-refractivity contribution is -0.140. The molecule has 0 aliphatic heterocycles. The summed E-state index contributed by atoms with van der Waals surface area (Å²) in [7, 11) is 2.99. The van der Waals surface area contributed by atoms with Crippen LogP contribution in [0.4, 0.5) is 0 Å². The SMILES string of the molecule is C/C=C(\C=C/CCNC(=O)CCCCCCC(=O)OC)COCOC.[HH]. The van der Waals surface area contributed by atoms with Crippen LogP contribution in [-0.2, 0) is 23.8 Å². The lowest BCUT2D eigenvalue weighted by atomic mass is 10.1. The van der Waals surface area contributed by atoms with Crippen LogP contribution in [0.5, 0.6) is 0 Å². The third-order valence-corrected chi connectivity index (χ3v) is 3.57. The monoisotopic (exact) mass is 357 g/mol. The minimum Gasteiger partial charge on any atom is -0.469 e. The molecule has 0 atom stereocenters. The predicted molar refractivity (Wildman–Crippen MR) is 100 cm³/mol. The molecule has 0 aliphatic rings. The Morgan fingerprint density at radius 3 is 2.44 bits per heavy atom. The van der Waals surface area contributed by atoms with Gasteiger partial charge in [-0.1, -0.05) is 31.1 Å². The van der Waals surface area contributed by atoms with Crippen molar-refractivity contribution in [3.05, 3.63) is 23.8 Å². The second kappa shape index (κ2) is 17.2. The highest BCUT2D eigenvalue weighted by molar-refractivity contribution is 5.75. The van der Waals surface area contributed by atoms with Crippen molar-refractivity contribution in [3.8, 4) is 0 Å². The van der Waals surface area contributed by atoms with Gasteiger partial charge in [0, 0.05) is 27.9 Å². The van der Waals surface area contributed by atoms with E-state index in [1.54, 1.807) is 7.11 Å². The van der Waals surface area contributed by atoms with Crippen molar-refractivity contribution in [1.29, 1.82) is 0 Å². The first-order valence-electron chi connectivity index (χ1n) is 8.86. The number of esters is 1. The lowest BCUT2D eigenvalue weighted by Gasteiger charge is -2.05. The van der Waals surface area contributed by atoms with Gasteiger partial charge in [-0.05, 0) is 31.8 Å². The molecule has 1 N–H and O–H groups in total. The van der Waals surface area contributed by atoms with Crippen molar-refractivity contribution in [3.63, 3.8) is 0 Å². The third-order valence-electron chi connectivity index (χ3n) is 3.57. The Labute approximate surface area is 153 Å². The number of unbranched alkanes of at least 4 members (excludes halogenated alkanes) is 3. The Morgan fingerprint density at radius 1 is 1.08 bits per heavy atom. The number of nitrogens with one attached hydrogen (secondary N) is 1. The fourth-order valence-corrected chi connectivity index (χ4v) is 2.10. The van der Waals surface area contributed by atoms with Gasteiger partial charge in [-0.25, -0.2) is 0 Å². The van der Waals surface area contributed by atoms with Crippen LogP contribution in [0.1, 0.15) is 53.3 Å². The summed E-state index contributed by atoms with van der Waals surface area (Å²) < 4.78 is 14.7. The number of ether oxygens (including phenoxy) is 3. The van der Waals surface area contributed by atoms with Crippen molar-refractivity contribution in [1.82, 2.24) is 5.32 Å². The van der Waals surface area contributed by atoms with Crippen LogP contribution in [-0.4, -0.2) is 46.0 Å². The van der Waals surface area contributed by atoms with E-state index in [1.807, 2.05) is 25.2 Å². The maximum Gasteiger partial charge on any atom is 0.305 e. The van der Waals surface area contributed by atoms with E-state index in [2.05, 4.69) is 10.1 Å². The smallest absolute Gasteiger partial charge is 0.305 e. The minimum atomic E-state index is -0.169. The molecule has 1 amide bonds. The second-order valence-electron chi connectivity index (χ2n) is 5.65. The van der Waals surface area contributed by atoms with Gasteiger partial charge in [0.25, 0.3) is 0 Å². The Hall–Kier alpha value is -1.66. The zero-order chi connectivity index (χ0) is 18.8. The molecule has 6 heteroatoms. The van der Waals surface area contributed by atoms with Crippen LogP contribution in [0.15, 0.2) is 23.8 Å². The van der Waals surface area contributed by atoms with E-state index in [1.165, 1.54) is 7.11 Å². The van der Waals surface area contributed by atoms with Crippen molar-refractivity contribution in [2.24, 2.45) is 0 Å². The van der Waals surface area contributed by atoms with Gasteiger partial charge in [0.15, 0.2) is 0 Å². The molecule has 0 aliphatic carbocycles. The quantitative estimate of drug-likeness (QED) is 0.210. The van der Waals surface area contributed by atoms with Crippen molar-refractivity contribution in [2.45, 2.75) is 51.9 Å². The van der Waals surface area contributed by atoms with E-state index in [0.717, 1.165) is 37.7 Å². The van der Waals surface area contributed by atoms with Crippen LogP contribution < -0.4 is 5.32 Å². The van der Waals surface area contributed by atoms with Gasteiger partial charge in [-0.3, -0.25) is 9.59 Å². The van der Waals surface area contributed by atoms with Crippen molar-refractivity contribution in [2.75, 3.05) is 34.2 Å². The Bertz CT molecular complexity index is 424. The third kappa shape index (κ3) is 15.6. The molecule has 25 heavy (non-hydrogen) atoms. The summed E-state index contributed by atoms with van der Waals surface area (Å²) in [5, 5.41) is 2.91. The number of hydrogen-bond donors (Lipinski definition) is 1. The number of carbonyl (C=O) groups is 2. The number of hydrogen-bond acceptors (Lipinski definition) is 5. The minimum absolute atomic E-state index is 0. The molecule has 0 rings (SSSR count). The molecular formula is C19H35NO5. The summed E-state index contributed by atoms with van der Waals surface area (Å²) in [6.07, 6.45) is 11.4. The number of allylic oxidation sites excluding steroid dienone is 1. The number of amides is 1. The molecule has 0 aromatic heterocycles. The van der Waals surface area contributed by atoms with E-state index in [0.29, 0.717) is 26.0 Å². The number of carbonyl (C=O) groups excluding carboxylic acids is 2. The highest BCUT2D eigenvalue weighted by Gasteiger charge is 2.02. The molecule has 0 heterocycles. The Kier molecular flexibility index (Phi) is 16.0. The van der Waals surface area contributed by atoms with Crippen LogP contribution in [0, 0.1) is 0 Å². The van der Waals surface area contributed by atoms with Crippen LogP contribution in [0.2, 0.25) is 0 Å². The molecule has 146 valence electrons. The Morgan fingerprint density at radius 2 is 1.80 bits per heavy atom. The van der Waals surface area contributed by atoms with Gasteiger partial charge < -0.3 is 19.5 Å². The van der Waals surface area contributed by atoms with E-state index >= 15 is 0 Å². The largest absolute Gasteiger partial charge is 0.469 e. The fraction of sp³-hybridized carbons (Fsp3) is 0.684. The highest BCUT2D eigenvalue weighted by Crippen LogP contribution is 2.06. The first-order chi connectivity index (χ1) is 12.1. The molecule has 0 fully saturated rings. The predicted octanol–water partition coefficient (Wildman–Crippen LogP) is 3.38. The summed E-state index contributed by atoms with van der Waals surface area (Å²) in [5.41, 5.74) is 1.08. The van der Waals surface area contributed by atoms with Crippen molar-refractivity contribution < 1.29 is 25.2 Å². The molecular weight excluding hydrogens is 322 g/mol. The van der Waals surface area contributed by atoms with Gasteiger partial charge >= 0.3 is 5.97 Å². The number of rotatable bonds is 15. The molecule has 0 aromatic rings. The van der Waals surface area contributed by atoms with Gasteiger partial charge in [-0.2, -0.15) is 0 Å². The van der Waals surface area contributed by atoms with Gasteiger partial charge in [0.2, 0.25) is 5.91 Å². The maximum atomic E-state index is 11.7. The molecule has 6 nitrogen and oxygen atoms in total. The van der Waals surface area contributed by atoms with Crippen LogP contribution in [0.25, 0.3) is 0 Å². The van der Waals surface area contributed by atoms with Gasteiger partial charge in [-0.15, -0.1) is 0 Å². The average molecular weight is 357 g/mol. The summed E-state index contributed by atoms with van der Waals surface area (Å²) in [6.45, 7) is 3.39. The van der Waals surface area contributed by atoms with E-state index in [9.17, 15) is 9.59 Å². The standard InChI is InChI=1S/C19H33NO5.H2/c1-4-17(15-25-16-23-2)11-9-10-14-20-18(21)12-7-5-6-8-13-19(22)24-3;/h4,9,11H,5-8,10,12-16H2,1-3H3,(H,20,21);1H/b11-9-,17-4+;. The molecule has 0 bridgehead atoms. The average Bonchev–Trinajstić information content (AvgIpc) is 2.62. The molecule has 0 unspecified atom stereocenters. The van der Waals surface area contributed by atoms with Gasteiger partial charge in [0.05, 0.1) is 13.7 Å². The summed E-state index contributed by atoms with van der Waals surface area (Å²) in [6, 6.07) is 0. The molecule has 0 radical (unpaired) electrons. The maximum absolute atomic E-state index is 11.7. The zero-order valence-corrected chi connectivity index (χ0v) is 15.8. The molecule has 0 saturated carbocycles. The van der Waals surface area contributed by atoms with E-state index in [4.69, 9.17) is 9.47 Å². The number of methoxy groups -OCH3 is 2. The fourth-order valence-electron chi connectivity index (χ4n) is 2.10. The molecule has 0 saturated heterocycles. The topological polar surface area (TPSA) is 73.9 Å². The normalized spacial score (nSPS) is 11.7. The van der Waals surface area contributed by atoms with E-state index < -0.39 is 0 Å². The first-order valence-corrected chi connectivity index (χ1v) is 8.86. The second-order valence-corrected chi connectivity index (χ2v) is 5.65. The van der Waals surface area contributed by atoms with Crippen LogP contribution >= 0.6 is 0 Å².